The highest BCUT2D eigenvalue weighted by atomic mass is 32.2. The van der Waals surface area contributed by atoms with Gasteiger partial charge in [-0.1, -0.05) is 24.4 Å². The summed E-state index contributed by atoms with van der Waals surface area (Å²) >= 11 is 6.89. The number of fused-ring (bicyclic) bond motifs is 1. The molecule has 3 N–H and O–H groups in total. The lowest BCUT2D eigenvalue weighted by molar-refractivity contribution is 0.900. The summed E-state index contributed by atoms with van der Waals surface area (Å²) in [6.45, 7) is 0. The molecule has 0 amide bonds. The number of pyridine rings is 1. The van der Waals surface area contributed by atoms with Crippen molar-refractivity contribution in [2.45, 2.75) is 24.2 Å². The van der Waals surface area contributed by atoms with Crippen molar-refractivity contribution in [3.63, 3.8) is 0 Å². The Hall–Kier alpha value is -1.59. The molecule has 0 atom stereocenters. The summed E-state index contributed by atoms with van der Waals surface area (Å²) in [4.78, 5) is 6.32. The number of thiocarbonyl (C=S) groups is 1. The molecule has 2 aromatic rings. The van der Waals surface area contributed by atoms with E-state index >= 15 is 0 Å². The van der Waals surface area contributed by atoms with Gasteiger partial charge in [0.15, 0.2) is 0 Å². The van der Waals surface area contributed by atoms with Crippen molar-refractivity contribution in [2.75, 3.05) is 11.6 Å². The second-order valence-electron chi connectivity index (χ2n) is 5.03. The van der Waals surface area contributed by atoms with Gasteiger partial charge in [0, 0.05) is 10.6 Å². The minimum absolute atomic E-state index is 0.390. The van der Waals surface area contributed by atoms with Crippen LogP contribution in [0, 0.1) is 0 Å². The number of para-hydroxylation sites is 1. The van der Waals surface area contributed by atoms with E-state index in [4.69, 9.17) is 22.9 Å². The Morgan fingerprint density at radius 1 is 1.33 bits per heavy atom. The van der Waals surface area contributed by atoms with Gasteiger partial charge in [0.2, 0.25) is 0 Å². The molecule has 0 radical (unpaired) electrons. The molecule has 108 valence electrons. The minimum atomic E-state index is 0.390. The zero-order valence-corrected chi connectivity index (χ0v) is 13.5. The van der Waals surface area contributed by atoms with E-state index in [9.17, 15) is 0 Å². The van der Waals surface area contributed by atoms with E-state index < -0.39 is 0 Å². The third kappa shape index (κ3) is 2.89. The number of rotatable bonds is 4. The van der Waals surface area contributed by atoms with Crippen LogP contribution in [0.1, 0.15) is 23.2 Å². The number of benzene rings is 1. The molecule has 0 unspecified atom stereocenters. The lowest BCUT2D eigenvalue weighted by Crippen LogP contribution is -2.14. The molecule has 0 aliphatic heterocycles. The van der Waals surface area contributed by atoms with Gasteiger partial charge >= 0.3 is 0 Å². The van der Waals surface area contributed by atoms with Crippen LogP contribution in [0.4, 0.5) is 11.5 Å². The number of hydrogen-bond donors (Lipinski definition) is 2. The van der Waals surface area contributed by atoms with Crippen molar-refractivity contribution in [2.24, 2.45) is 5.73 Å². The SMILES string of the molecule is CSc1ccccc1Nc1nc2c(cc1C(N)=S)CCC2. The third-order valence-electron chi connectivity index (χ3n) is 3.68. The van der Waals surface area contributed by atoms with Crippen molar-refractivity contribution in [1.82, 2.24) is 4.98 Å². The summed E-state index contributed by atoms with van der Waals surface area (Å²) in [5.74, 6) is 0.768. The van der Waals surface area contributed by atoms with Crippen LogP contribution in [0.25, 0.3) is 0 Å². The molecule has 0 saturated heterocycles. The van der Waals surface area contributed by atoms with Crippen LogP contribution in [-0.2, 0) is 12.8 Å². The Morgan fingerprint density at radius 2 is 2.14 bits per heavy atom. The van der Waals surface area contributed by atoms with Gasteiger partial charge in [0.05, 0.1) is 11.3 Å². The number of hydrogen-bond acceptors (Lipinski definition) is 4. The minimum Gasteiger partial charge on any atom is -0.389 e. The molecule has 1 heterocycles. The number of nitrogens with one attached hydrogen (secondary N) is 1. The smallest absolute Gasteiger partial charge is 0.140 e. The van der Waals surface area contributed by atoms with Crippen LogP contribution in [0.2, 0.25) is 0 Å². The Morgan fingerprint density at radius 3 is 2.90 bits per heavy atom. The number of anilines is 2. The normalized spacial score (nSPS) is 13.0. The fraction of sp³-hybridized carbons (Fsp3) is 0.250. The van der Waals surface area contributed by atoms with Gasteiger partial charge in [-0.15, -0.1) is 11.8 Å². The highest BCUT2D eigenvalue weighted by Gasteiger charge is 2.18. The number of aromatic nitrogens is 1. The molecule has 0 spiro atoms. The Kier molecular flexibility index (Phi) is 4.12. The van der Waals surface area contributed by atoms with E-state index in [1.165, 1.54) is 16.2 Å². The highest BCUT2D eigenvalue weighted by Crippen LogP contribution is 2.31. The van der Waals surface area contributed by atoms with Crippen molar-refractivity contribution < 1.29 is 0 Å². The van der Waals surface area contributed by atoms with E-state index in [1.807, 2.05) is 18.2 Å². The predicted molar refractivity (Wildman–Crippen MR) is 93.7 cm³/mol. The summed E-state index contributed by atoms with van der Waals surface area (Å²) in [6.07, 6.45) is 5.32. The fourth-order valence-electron chi connectivity index (χ4n) is 2.63. The monoisotopic (exact) mass is 315 g/mol. The standard InChI is InChI=1S/C16H17N3S2/c1-21-14-8-3-2-6-13(14)19-16-11(15(17)20)9-10-5-4-7-12(10)18-16/h2-3,6,8-9H,4-5,7H2,1H3,(H2,17,20)(H,18,19). The van der Waals surface area contributed by atoms with Crippen molar-refractivity contribution in [1.29, 1.82) is 0 Å². The van der Waals surface area contributed by atoms with E-state index in [2.05, 4.69) is 23.7 Å². The maximum absolute atomic E-state index is 5.88. The van der Waals surface area contributed by atoms with E-state index in [-0.39, 0.29) is 0 Å². The summed E-state index contributed by atoms with van der Waals surface area (Å²) < 4.78 is 0. The fourth-order valence-corrected chi connectivity index (χ4v) is 3.34. The largest absolute Gasteiger partial charge is 0.389 e. The van der Waals surface area contributed by atoms with Crippen LogP contribution in [-0.4, -0.2) is 16.2 Å². The molecule has 21 heavy (non-hydrogen) atoms. The molecule has 0 fully saturated rings. The third-order valence-corrected chi connectivity index (χ3v) is 4.69. The van der Waals surface area contributed by atoms with Crippen LogP contribution in [0.3, 0.4) is 0 Å². The molecular weight excluding hydrogens is 298 g/mol. The van der Waals surface area contributed by atoms with Crippen molar-refractivity contribution in [3.8, 4) is 0 Å². The van der Waals surface area contributed by atoms with Crippen LogP contribution >= 0.6 is 24.0 Å². The Labute approximate surface area is 134 Å². The summed E-state index contributed by atoms with van der Waals surface area (Å²) in [6, 6.07) is 10.3. The number of aryl methyl sites for hydroxylation is 2. The van der Waals surface area contributed by atoms with Crippen molar-refractivity contribution >= 4 is 40.5 Å². The second kappa shape index (κ2) is 6.03. The van der Waals surface area contributed by atoms with Gasteiger partial charge in [0.1, 0.15) is 10.8 Å². The molecule has 1 aliphatic carbocycles. The van der Waals surface area contributed by atoms with Gasteiger partial charge in [0.25, 0.3) is 0 Å². The predicted octanol–water partition coefficient (Wildman–Crippen LogP) is 3.67. The van der Waals surface area contributed by atoms with Crippen molar-refractivity contribution in [3.05, 3.63) is 47.2 Å². The number of nitrogens with two attached hydrogens (primary N) is 1. The van der Waals surface area contributed by atoms with Gasteiger partial charge < -0.3 is 11.1 Å². The summed E-state index contributed by atoms with van der Waals surface area (Å²) in [7, 11) is 0. The molecule has 1 aliphatic rings. The average molecular weight is 315 g/mol. The maximum atomic E-state index is 5.88. The highest BCUT2D eigenvalue weighted by molar-refractivity contribution is 7.98. The molecule has 0 saturated carbocycles. The molecule has 3 nitrogen and oxygen atoms in total. The first kappa shape index (κ1) is 14.4. The lowest BCUT2D eigenvalue weighted by atomic mass is 10.1. The van der Waals surface area contributed by atoms with Crippen LogP contribution in [0.5, 0.6) is 0 Å². The average Bonchev–Trinajstić information content (AvgIpc) is 2.94. The molecular formula is C16H17N3S2. The van der Waals surface area contributed by atoms with Crippen LogP contribution < -0.4 is 11.1 Å². The topological polar surface area (TPSA) is 50.9 Å². The first-order chi connectivity index (χ1) is 10.2. The number of thioether (sulfide) groups is 1. The Balaban J connectivity index is 2.03. The van der Waals surface area contributed by atoms with Gasteiger partial charge in [-0.3, -0.25) is 0 Å². The number of nitrogens with zero attached hydrogens (tertiary/aromatic N) is 1. The quantitative estimate of drug-likeness (QED) is 0.666. The molecule has 3 rings (SSSR count). The first-order valence-corrected chi connectivity index (χ1v) is 8.55. The Bertz CT molecular complexity index is 698. The first-order valence-electron chi connectivity index (χ1n) is 6.91. The van der Waals surface area contributed by atoms with Gasteiger partial charge in [-0.25, -0.2) is 4.98 Å². The molecule has 5 heteroatoms. The van der Waals surface area contributed by atoms with Gasteiger partial charge in [-0.2, -0.15) is 0 Å². The van der Waals surface area contributed by atoms with Crippen LogP contribution in [0.15, 0.2) is 35.2 Å². The molecule has 0 bridgehead atoms. The lowest BCUT2D eigenvalue weighted by Gasteiger charge is -2.14. The molecule has 1 aromatic heterocycles. The van der Waals surface area contributed by atoms with Gasteiger partial charge in [-0.05, 0) is 49.3 Å². The zero-order chi connectivity index (χ0) is 14.8. The summed E-state index contributed by atoms with van der Waals surface area (Å²) in [5.41, 5.74) is 10.2. The zero-order valence-electron chi connectivity index (χ0n) is 11.8. The van der Waals surface area contributed by atoms with E-state index in [1.54, 1.807) is 11.8 Å². The van der Waals surface area contributed by atoms with E-state index in [0.717, 1.165) is 36.3 Å². The van der Waals surface area contributed by atoms with E-state index in [0.29, 0.717) is 4.99 Å². The maximum Gasteiger partial charge on any atom is 0.140 e. The second-order valence-corrected chi connectivity index (χ2v) is 6.32. The summed E-state index contributed by atoms with van der Waals surface area (Å²) in [5, 5.41) is 3.40. The molecule has 1 aromatic carbocycles.